The smallest absolute Gasteiger partial charge is 0.271 e. The summed E-state index contributed by atoms with van der Waals surface area (Å²) in [7, 11) is 1.57. The predicted molar refractivity (Wildman–Crippen MR) is 77.2 cm³/mol. The van der Waals surface area contributed by atoms with Crippen LogP contribution < -0.4 is 10.1 Å². The van der Waals surface area contributed by atoms with Gasteiger partial charge >= 0.3 is 0 Å². The van der Waals surface area contributed by atoms with Gasteiger partial charge in [-0.05, 0) is 43.2 Å². The topological polar surface area (TPSA) is 56.2 Å². The molecule has 1 aromatic carbocycles. The number of halogens is 1. The molecule has 1 N–H and O–H groups in total. The van der Waals surface area contributed by atoms with Gasteiger partial charge in [0.1, 0.15) is 11.4 Å². The second-order valence-electron chi connectivity index (χ2n) is 4.46. The van der Waals surface area contributed by atoms with Gasteiger partial charge in [0.15, 0.2) is 6.73 Å². The van der Waals surface area contributed by atoms with Crippen molar-refractivity contribution in [1.82, 2.24) is 15.1 Å². The van der Waals surface area contributed by atoms with Crippen LogP contribution in [0.2, 0.25) is 5.02 Å². The van der Waals surface area contributed by atoms with E-state index in [0.717, 1.165) is 21.9 Å². The van der Waals surface area contributed by atoms with Gasteiger partial charge in [-0.3, -0.25) is 4.79 Å². The van der Waals surface area contributed by atoms with E-state index < -0.39 is 0 Å². The lowest BCUT2D eigenvalue weighted by Gasteiger charge is -2.09. The van der Waals surface area contributed by atoms with Gasteiger partial charge < -0.3 is 10.1 Å². The Morgan fingerprint density at radius 2 is 2.05 bits per heavy atom. The van der Waals surface area contributed by atoms with E-state index >= 15 is 0 Å². The number of ether oxygens (including phenoxy) is 1. The molecule has 1 amide bonds. The number of nitrogens with one attached hydrogen (secondary N) is 1. The molecule has 1 heterocycles. The minimum absolute atomic E-state index is 0.220. The van der Waals surface area contributed by atoms with Crippen molar-refractivity contribution in [1.29, 1.82) is 0 Å². The monoisotopic (exact) mass is 293 g/mol. The highest BCUT2D eigenvalue weighted by atomic mass is 35.5. The lowest BCUT2D eigenvalue weighted by atomic mass is 10.1. The molecule has 0 atom stereocenters. The fourth-order valence-corrected chi connectivity index (χ4v) is 1.92. The maximum Gasteiger partial charge on any atom is 0.271 e. The first-order valence-corrected chi connectivity index (χ1v) is 6.54. The zero-order chi connectivity index (χ0) is 14.7. The molecule has 0 aliphatic carbocycles. The Morgan fingerprint density at radius 3 is 2.65 bits per heavy atom. The highest BCUT2D eigenvalue weighted by molar-refractivity contribution is 6.32. The Hall–Kier alpha value is -2.01. The molecule has 1 aromatic heterocycles. The average Bonchev–Trinajstić information content (AvgIpc) is 2.90. The fraction of sp³-hybridized carbons (Fsp3) is 0.286. The molecule has 2 aromatic rings. The third kappa shape index (κ3) is 3.11. The first kappa shape index (κ1) is 14.4. The number of carbonyl (C=O) groups excluding carboxylic acids is 1. The van der Waals surface area contributed by atoms with E-state index in [1.54, 1.807) is 24.0 Å². The maximum atomic E-state index is 11.4. The van der Waals surface area contributed by atoms with Gasteiger partial charge in [0.05, 0.1) is 0 Å². The van der Waals surface area contributed by atoms with Crippen molar-refractivity contribution in [3.8, 4) is 5.75 Å². The lowest BCUT2D eigenvalue weighted by Crippen LogP contribution is -2.19. The molecule has 2 rings (SSSR count). The lowest BCUT2D eigenvalue weighted by molar-refractivity contribution is 0.0956. The molecule has 20 heavy (non-hydrogen) atoms. The maximum absolute atomic E-state index is 11.4. The highest BCUT2D eigenvalue weighted by Gasteiger charge is 2.08. The van der Waals surface area contributed by atoms with Crippen LogP contribution in [0.4, 0.5) is 0 Å². The zero-order valence-electron chi connectivity index (χ0n) is 11.6. The summed E-state index contributed by atoms with van der Waals surface area (Å²) in [6.45, 7) is 4.09. The summed E-state index contributed by atoms with van der Waals surface area (Å²) in [5.41, 5.74) is 2.29. The average molecular weight is 294 g/mol. The molecular weight excluding hydrogens is 278 g/mol. The molecule has 0 saturated carbocycles. The van der Waals surface area contributed by atoms with Crippen LogP contribution >= 0.6 is 11.6 Å². The number of amides is 1. The molecule has 5 nitrogen and oxygen atoms in total. The first-order chi connectivity index (χ1) is 9.51. The third-order valence-corrected chi connectivity index (χ3v) is 3.47. The number of aromatic nitrogens is 2. The van der Waals surface area contributed by atoms with Crippen LogP contribution in [0.5, 0.6) is 5.75 Å². The van der Waals surface area contributed by atoms with Crippen LogP contribution in [0.3, 0.4) is 0 Å². The molecule has 0 aliphatic rings. The van der Waals surface area contributed by atoms with Gasteiger partial charge in [0.2, 0.25) is 0 Å². The minimum Gasteiger partial charge on any atom is -0.471 e. The normalized spacial score (nSPS) is 10.4. The van der Waals surface area contributed by atoms with E-state index in [-0.39, 0.29) is 12.6 Å². The molecule has 0 fully saturated rings. The quantitative estimate of drug-likeness (QED) is 0.942. The van der Waals surface area contributed by atoms with E-state index in [1.165, 1.54) is 0 Å². The van der Waals surface area contributed by atoms with Crippen LogP contribution in [0.15, 0.2) is 24.4 Å². The van der Waals surface area contributed by atoms with Crippen LogP contribution in [0.1, 0.15) is 21.6 Å². The second kappa shape index (κ2) is 5.96. The molecule has 0 bridgehead atoms. The first-order valence-electron chi connectivity index (χ1n) is 6.16. The number of rotatable bonds is 4. The second-order valence-corrected chi connectivity index (χ2v) is 4.84. The summed E-state index contributed by atoms with van der Waals surface area (Å²) < 4.78 is 7.20. The molecular formula is C14H16ClN3O2. The van der Waals surface area contributed by atoms with Crippen LogP contribution in [-0.4, -0.2) is 22.7 Å². The SMILES string of the molecule is CNC(=O)c1ccn(COc2cc(C)c(Cl)c(C)c2)n1. The van der Waals surface area contributed by atoms with Crippen molar-refractivity contribution in [2.45, 2.75) is 20.6 Å². The van der Waals surface area contributed by atoms with Crippen molar-refractivity contribution >= 4 is 17.5 Å². The molecule has 6 heteroatoms. The summed E-state index contributed by atoms with van der Waals surface area (Å²) in [4.78, 5) is 11.4. The Kier molecular flexibility index (Phi) is 4.29. The van der Waals surface area contributed by atoms with Crippen molar-refractivity contribution < 1.29 is 9.53 Å². The summed E-state index contributed by atoms with van der Waals surface area (Å²) >= 11 is 6.10. The van der Waals surface area contributed by atoms with E-state index in [1.807, 2.05) is 26.0 Å². The molecule has 0 radical (unpaired) electrons. The number of carbonyl (C=O) groups is 1. The molecule has 0 spiro atoms. The molecule has 0 unspecified atom stereocenters. The van der Waals surface area contributed by atoms with Crippen molar-refractivity contribution in [2.75, 3.05) is 7.05 Å². The van der Waals surface area contributed by atoms with E-state index in [4.69, 9.17) is 16.3 Å². The Labute approximate surface area is 122 Å². The third-order valence-electron chi connectivity index (χ3n) is 2.87. The van der Waals surface area contributed by atoms with Gasteiger partial charge in [-0.15, -0.1) is 0 Å². The van der Waals surface area contributed by atoms with Gasteiger partial charge in [-0.1, -0.05) is 11.6 Å². The van der Waals surface area contributed by atoms with E-state index in [0.29, 0.717) is 5.69 Å². The number of hydrogen-bond acceptors (Lipinski definition) is 3. The molecule has 106 valence electrons. The summed E-state index contributed by atoms with van der Waals surface area (Å²) in [5, 5.41) is 7.38. The Morgan fingerprint density at radius 1 is 1.40 bits per heavy atom. The standard InChI is InChI=1S/C14H16ClN3O2/c1-9-6-11(7-10(2)13(9)15)20-8-18-5-4-12(17-18)14(19)16-3/h4-7H,8H2,1-3H3,(H,16,19). The minimum atomic E-state index is -0.220. The van der Waals surface area contributed by atoms with Crippen LogP contribution in [-0.2, 0) is 6.73 Å². The number of hydrogen-bond donors (Lipinski definition) is 1. The predicted octanol–water partition coefficient (Wildman–Crippen LogP) is 2.55. The van der Waals surface area contributed by atoms with Crippen molar-refractivity contribution in [2.24, 2.45) is 0 Å². The van der Waals surface area contributed by atoms with Gasteiger partial charge in [-0.2, -0.15) is 5.10 Å². The number of benzene rings is 1. The molecule has 0 saturated heterocycles. The van der Waals surface area contributed by atoms with E-state index in [9.17, 15) is 4.79 Å². The highest BCUT2D eigenvalue weighted by Crippen LogP contribution is 2.25. The number of aryl methyl sites for hydroxylation is 2. The Bertz CT molecular complexity index is 614. The largest absolute Gasteiger partial charge is 0.471 e. The summed E-state index contributed by atoms with van der Waals surface area (Å²) in [6, 6.07) is 5.39. The van der Waals surface area contributed by atoms with Crippen molar-refractivity contribution in [3.63, 3.8) is 0 Å². The Balaban J connectivity index is 2.05. The fourth-order valence-electron chi connectivity index (χ4n) is 1.81. The van der Waals surface area contributed by atoms with Gasteiger partial charge in [-0.25, -0.2) is 4.68 Å². The summed E-state index contributed by atoms with van der Waals surface area (Å²) in [5.74, 6) is 0.503. The van der Waals surface area contributed by atoms with Crippen LogP contribution in [0.25, 0.3) is 0 Å². The van der Waals surface area contributed by atoms with Crippen molar-refractivity contribution in [3.05, 3.63) is 46.2 Å². The van der Waals surface area contributed by atoms with Gasteiger partial charge in [0, 0.05) is 18.3 Å². The summed E-state index contributed by atoms with van der Waals surface area (Å²) in [6.07, 6.45) is 1.69. The van der Waals surface area contributed by atoms with E-state index in [2.05, 4.69) is 10.4 Å². The molecule has 0 aliphatic heterocycles. The number of nitrogens with zero attached hydrogens (tertiary/aromatic N) is 2. The zero-order valence-corrected chi connectivity index (χ0v) is 12.4. The van der Waals surface area contributed by atoms with Gasteiger partial charge in [0.25, 0.3) is 5.91 Å². The van der Waals surface area contributed by atoms with Crippen LogP contribution in [0, 0.1) is 13.8 Å².